The molecule has 0 aliphatic heterocycles. The van der Waals surface area contributed by atoms with Gasteiger partial charge in [-0.1, -0.05) is 36.4 Å². The summed E-state index contributed by atoms with van der Waals surface area (Å²) >= 11 is 0. The number of hydrogen-bond donors (Lipinski definition) is 2. The van der Waals surface area contributed by atoms with Crippen LogP contribution in [0.25, 0.3) is 0 Å². The Morgan fingerprint density at radius 3 is 2.62 bits per heavy atom. The maximum absolute atomic E-state index is 13.2. The quantitative estimate of drug-likeness (QED) is 0.837. The zero-order chi connectivity index (χ0) is 18.1. The Labute approximate surface area is 152 Å². The van der Waals surface area contributed by atoms with Crippen molar-refractivity contribution < 1.29 is 19.0 Å². The molecule has 5 heteroatoms. The van der Waals surface area contributed by atoms with Crippen LogP contribution in [0.1, 0.15) is 41.7 Å². The Morgan fingerprint density at radius 2 is 1.92 bits per heavy atom. The Bertz CT molecular complexity index is 788. The van der Waals surface area contributed by atoms with Crippen LogP contribution in [-0.2, 0) is 16.0 Å². The average molecular weight is 355 g/mol. The fourth-order valence-electron chi connectivity index (χ4n) is 3.44. The van der Waals surface area contributed by atoms with E-state index < -0.39 is 12.2 Å². The Kier molecular flexibility index (Phi) is 4.74. The van der Waals surface area contributed by atoms with E-state index in [0.717, 1.165) is 24.0 Å². The number of amides is 1. The van der Waals surface area contributed by atoms with E-state index in [2.05, 4.69) is 5.32 Å². The van der Waals surface area contributed by atoms with Gasteiger partial charge in [0.15, 0.2) is 6.10 Å². The van der Waals surface area contributed by atoms with Crippen molar-refractivity contribution in [1.29, 1.82) is 0 Å². The van der Waals surface area contributed by atoms with Crippen molar-refractivity contribution in [3.8, 4) is 0 Å². The molecule has 2 aliphatic rings. The van der Waals surface area contributed by atoms with Gasteiger partial charge in [-0.15, -0.1) is 0 Å². The number of fused-ring (bicyclic) bond motifs is 1. The normalized spacial score (nSPS) is 22.7. The minimum atomic E-state index is -0.799. The molecule has 0 spiro atoms. The molecule has 2 aromatic rings. The van der Waals surface area contributed by atoms with E-state index in [1.165, 1.54) is 12.1 Å². The predicted molar refractivity (Wildman–Crippen MR) is 94.9 cm³/mol. The first-order valence-electron chi connectivity index (χ1n) is 9.05. The van der Waals surface area contributed by atoms with Crippen LogP contribution in [0.15, 0.2) is 48.5 Å². The number of benzene rings is 2. The molecular weight excluding hydrogens is 333 g/mol. The van der Waals surface area contributed by atoms with E-state index in [0.29, 0.717) is 24.5 Å². The number of halogens is 1. The van der Waals surface area contributed by atoms with E-state index in [-0.39, 0.29) is 17.8 Å². The molecule has 4 nitrogen and oxygen atoms in total. The third kappa shape index (κ3) is 3.64. The lowest BCUT2D eigenvalue weighted by Gasteiger charge is -2.22. The van der Waals surface area contributed by atoms with Crippen LogP contribution >= 0.6 is 0 Å². The number of hydrogen-bond acceptors (Lipinski definition) is 3. The molecule has 2 N–H and O–H groups in total. The number of nitrogens with one attached hydrogen (secondary N) is 1. The Morgan fingerprint density at radius 1 is 1.19 bits per heavy atom. The van der Waals surface area contributed by atoms with Gasteiger partial charge in [-0.25, -0.2) is 4.39 Å². The zero-order valence-corrected chi connectivity index (χ0v) is 14.4. The first-order valence-corrected chi connectivity index (χ1v) is 9.05. The SMILES string of the molecule is O=C(N[C@H]1Cc2ccccc2[C@H]1O)C(OCC1CC1)c1ccc(F)cc1. The Hall–Kier alpha value is -2.24. The molecular formula is C21H22FNO3. The third-order valence-corrected chi connectivity index (χ3v) is 5.13. The van der Waals surface area contributed by atoms with Crippen LogP contribution < -0.4 is 5.32 Å². The maximum Gasteiger partial charge on any atom is 0.254 e. The van der Waals surface area contributed by atoms with Crippen molar-refractivity contribution in [3.63, 3.8) is 0 Å². The molecule has 0 radical (unpaired) electrons. The molecule has 3 atom stereocenters. The van der Waals surface area contributed by atoms with Gasteiger partial charge in [-0.3, -0.25) is 4.79 Å². The summed E-state index contributed by atoms with van der Waals surface area (Å²) in [5.41, 5.74) is 2.52. The van der Waals surface area contributed by atoms with Gasteiger partial charge in [0.25, 0.3) is 5.91 Å². The minimum absolute atomic E-state index is 0.297. The van der Waals surface area contributed by atoms with Crippen molar-refractivity contribution >= 4 is 5.91 Å². The molecule has 1 saturated carbocycles. The molecule has 26 heavy (non-hydrogen) atoms. The summed E-state index contributed by atoms with van der Waals surface area (Å²) in [6.45, 7) is 0.517. The number of ether oxygens (including phenoxy) is 1. The standard InChI is InChI=1S/C21H22FNO3/c22-16-9-7-14(8-10-16)20(26-12-13-5-6-13)21(25)23-18-11-15-3-1-2-4-17(15)19(18)24/h1-4,7-10,13,18-20,24H,5-6,11-12H2,(H,23,25)/t18-,19+,20?/m0/s1. The molecule has 4 rings (SSSR count). The van der Waals surface area contributed by atoms with Crippen molar-refractivity contribution in [2.24, 2.45) is 5.92 Å². The third-order valence-electron chi connectivity index (χ3n) is 5.13. The molecule has 0 saturated heterocycles. The number of aliphatic hydroxyl groups excluding tert-OH is 1. The van der Waals surface area contributed by atoms with E-state index in [1.807, 2.05) is 24.3 Å². The molecule has 0 heterocycles. The molecule has 0 bridgehead atoms. The predicted octanol–water partition coefficient (Wildman–Crippen LogP) is 3.07. The molecule has 2 aromatic carbocycles. The van der Waals surface area contributed by atoms with E-state index in [9.17, 15) is 14.3 Å². The smallest absolute Gasteiger partial charge is 0.254 e. The molecule has 2 aliphatic carbocycles. The maximum atomic E-state index is 13.2. The topological polar surface area (TPSA) is 58.6 Å². The van der Waals surface area contributed by atoms with Gasteiger partial charge in [0, 0.05) is 0 Å². The van der Waals surface area contributed by atoms with Crippen molar-refractivity contribution in [1.82, 2.24) is 5.32 Å². The second-order valence-electron chi connectivity index (χ2n) is 7.17. The fourth-order valence-corrected chi connectivity index (χ4v) is 3.44. The first-order chi connectivity index (χ1) is 12.6. The summed E-state index contributed by atoms with van der Waals surface area (Å²) < 4.78 is 19.1. The largest absolute Gasteiger partial charge is 0.386 e. The molecule has 0 aromatic heterocycles. The van der Waals surface area contributed by atoms with Crippen LogP contribution in [-0.4, -0.2) is 23.7 Å². The monoisotopic (exact) mass is 355 g/mol. The van der Waals surface area contributed by atoms with E-state index >= 15 is 0 Å². The molecule has 1 unspecified atom stereocenters. The van der Waals surface area contributed by atoms with Crippen LogP contribution in [0.2, 0.25) is 0 Å². The highest BCUT2D eigenvalue weighted by molar-refractivity contribution is 5.82. The van der Waals surface area contributed by atoms with E-state index in [4.69, 9.17) is 4.74 Å². The van der Waals surface area contributed by atoms with Gasteiger partial charge < -0.3 is 15.2 Å². The summed E-state index contributed by atoms with van der Waals surface area (Å²) in [6.07, 6.45) is 1.30. The number of rotatable bonds is 6. The lowest BCUT2D eigenvalue weighted by atomic mass is 10.1. The zero-order valence-electron chi connectivity index (χ0n) is 14.4. The molecule has 1 fully saturated rings. The van der Waals surface area contributed by atoms with Crippen molar-refractivity contribution in [2.45, 2.75) is 37.5 Å². The summed E-state index contributed by atoms with van der Waals surface area (Å²) in [5, 5.41) is 13.4. The molecule has 136 valence electrons. The second kappa shape index (κ2) is 7.17. The van der Waals surface area contributed by atoms with Crippen molar-refractivity contribution in [2.75, 3.05) is 6.61 Å². The summed E-state index contributed by atoms with van der Waals surface area (Å²) in [7, 11) is 0. The van der Waals surface area contributed by atoms with Gasteiger partial charge in [-0.05, 0) is 54.0 Å². The van der Waals surface area contributed by atoms with Gasteiger partial charge in [0.1, 0.15) is 5.82 Å². The highest BCUT2D eigenvalue weighted by atomic mass is 19.1. The highest BCUT2D eigenvalue weighted by Crippen LogP contribution is 2.33. The van der Waals surface area contributed by atoms with Gasteiger partial charge >= 0.3 is 0 Å². The molecule has 1 amide bonds. The summed E-state index contributed by atoms with van der Waals surface area (Å²) in [4.78, 5) is 12.9. The van der Waals surface area contributed by atoms with Gasteiger partial charge in [-0.2, -0.15) is 0 Å². The first kappa shape index (κ1) is 17.2. The fraction of sp³-hybridized carbons (Fsp3) is 0.381. The van der Waals surface area contributed by atoms with Crippen LogP contribution in [0.5, 0.6) is 0 Å². The van der Waals surface area contributed by atoms with Crippen LogP contribution in [0.4, 0.5) is 4.39 Å². The summed E-state index contributed by atoms with van der Waals surface area (Å²) in [5.74, 6) is -0.141. The van der Waals surface area contributed by atoms with Crippen LogP contribution in [0.3, 0.4) is 0 Å². The van der Waals surface area contributed by atoms with Gasteiger partial charge in [0.05, 0.1) is 18.8 Å². The lowest BCUT2D eigenvalue weighted by molar-refractivity contribution is -0.135. The number of aliphatic hydroxyl groups is 1. The van der Waals surface area contributed by atoms with E-state index in [1.54, 1.807) is 12.1 Å². The minimum Gasteiger partial charge on any atom is -0.386 e. The van der Waals surface area contributed by atoms with Gasteiger partial charge in [0.2, 0.25) is 0 Å². The highest BCUT2D eigenvalue weighted by Gasteiger charge is 2.34. The lowest BCUT2D eigenvalue weighted by Crippen LogP contribution is -2.41. The number of carbonyl (C=O) groups is 1. The second-order valence-corrected chi connectivity index (χ2v) is 7.17. The number of carbonyl (C=O) groups excluding carboxylic acids is 1. The average Bonchev–Trinajstić information content (AvgIpc) is 3.42. The van der Waals surface area contributed by atoms with Crippen LogP contribution in [0, 0.1) is 11.7 Å². The Balaban J connectivity index is 1.48. The summed E-state index contributed by atoms with van der Waals surface area (Å²) in [6, 6.07) is 13.1. The van der Waals surface area contributed by atoms with Crippen molar-refractivity contribution in [3.05, 3.63) is 71.0 Å².